The van der Waals surface area contributed by atoms with E-state index in [0.29, 0.717) is 28.1 Å². The third-order valence-corrected chi connectivity index (χ3v) is 7.93. The summed E-state index contributed by atoms with van der Waals surface area (Å²) in [5.41, 5.74) is 0.385. The first-order chi connectivity index (χ1) is 22.3. The lowest BCUT2D eigenvalue weighted by molar-refractivity contribution is -0.114. The van der Waals surface area contributed by atoms with E-state index in [1.165, 1.54) is 0 Å². The molecule has 0 fully saturated rings. The van der Waals surface area contributed by atoms with Gasteiger partial charge in [0.15, 0.2) is 17.2 Å². The number of amides is 1. The molecule has 0 aliphatic rings. The molecule has 0 aliphatic carbocycles. The Kier molecular flexibility index (Phi) is 9.57. The largest absolute Gasteiger partial charge is 0.507 e. The van der Waals surface area contributed by atoms with E-state index >= 15 is 0 Å². The number of phenolic OH excluding ortho intramolecular Hbond substituents is 2. The molecule has 1 atom stereocenters. The van der Waals surface area contributed by atoms with Gasteiger partial charge in [-0.1, -0.05) is 24.3 Å². The number of aromatic hydroxyl groups is 2. The van der Waals surface area contributed by atoms with Gasteiger partial charge in [0, 0.05) is 23.1 Å². The second kappa shape index (κ2) is 13.6. The summed E-state index contributed by atoms with van der Waals surface area (Å²) in [6.07, 6.45) is 0. The minimum absolute atomic E-state index is 0.0695. The molecule has 1 unspecified atom stereocenters. The predicted molar refractivity (Wildman–Crippen MR) is 173 cm³/mol. The van der Waals surface area contributed by atoms with Crippen LogP contribution in [-0.2, 0) is 26.3 Å². The number of phenols is 2. The lowest BCUT2D eigenvalue weighted by Gasteiger charge is -2.14. The van der Waals surface area contributed by atoms with Crippen LogP contribution in [0.4, 0.5) is 17.1 Å². The van der Waals surface area contributed by atoms with Crippen molar-refractivity contribution in [2.45, 2.75) is 18.7 Å². The highest BCUT2D eigenvalue weighted by Crippen LogP contribution is 2.47. The van der Waals surface area contributed by atoms with Crippen molar-refractivity contribution in [1.82, 2.24) is 0 Å². The molecule has 0 saturated heterocycles. The highest BCUT2D eigenvalue weighted by atomic mass is 32.2. The fourth-order valence-corrected chi connectivity index (χ4v) is 5.56. The van der Waals surface area contributed by atoms with Gasteiger partial charge in [0.05, 0.1) is 16.3 Å². The van der Waals surface area contributed by atoms with E-state index in [0.717, 1.165) is 30.5 Å². The van der Waals surface area contributed by atoms with Gasteiger partial charge in [-0.05, 0) is 66.4 Å². The van der Waals surface area contributed by atoms with Crippen LogP contribution >= 0.6 is 0 Å². The molecule has 5 aromatic rings. The summed E-state index contributed by atoms with van der Waals surface area (Å²) >= 11 is -2.88. The highest BCUT2D eigenvalue weighted by molar-refractivity contribution is 7.85. The standard InChI is InChI=1S/C31H27N3O11S2/c1-17-13-26(23-5-3-4-6-24(23)30(17)36)44-12-11-43-21-9-7-20(8-10-21)33-34-29-27(45-46(38)39)15-19-14-22(47(40,41)42)16-25(32-18(2)35)28(19)31(29)37/h3-10,13-16,36-37H,11-12H2,1-2H3,(H,32,35)(H,38,39)(H,40,41,42). The molecule has 14 nitrogen and oxygen atoms in total. The Hall–Kier alpha value is -5.29. The maximum Gasteiger partial charge on any atom is 0.357 e. The second-order valence-corrected chi connectivity index (χ2v) is 12.1. The van der Waals surface area contributed by atoms with Crippen molar-refractivity contribution in [3.63, 3.8) is 0 Å². The van der Waals surface area contributed by atoms with Crippen LogP contribution in [0.5, 0.6) is 28.7 Å². The number of carbonyl (C=O) groups is 1. The maximum atomic E-state index is 11.8. The number of aryl methyl sites for hydroxylation is 1. The van der Waals surface area contributed by atoms with Gasteiger partial charge in [-0.2, -0.15) is 17.7 Å². The van der Waals surface area contributed by atoms with Gasteiger partial charge in [0.1, 0.15) is 30.5 Å². The molecule has 0 aliphatic heterocycles. The number of hydrogen-bond acceptors (Lipinski definition) is 11. The van der Waals surface area contributed by atoms with Crippen LogP contribution in [0.15, 0.2) is 87.9 Å². The van der Waals surface area contributed by atoms with E-state index in [1.807, 2.05) is 24.3 Å². The zero-order valence-corrected chi connectivity index (χ0v) is 26.3. The minimum atomic E-state index is -4.74. The summed E-state index contributed by atoms with van der Waals surface area (Å²) in [7, 11) is -4.74. The first kappa shape index (κ1) is 33.1. The van der Waals surface area contributed by atoms with Crippen molar-refractivity contribution in [3.8, 4) is 28.7 Å². The summed E-state index contributed by atoms with van der Waals surface area (Å²) in [5.74, 6) is -0.415. The lowest BCUT2D eigenvalue weighted by Crippen LogP contribution is -2.09. The molecule has 0 bridgehead atoms. The Balaban J connectivity index is 1.35. The smallest absolute Gasteiger partial charge is 0.357 e. The third-order valence-electron chi connectivity index (χ3n) is 6.77. The summed E-state index contributed by atoms with van der Waals surface area (Å²) in [5, 5.41) is 33.2. The third kappa shape index (κ3) is 7.58. The van der Waals surface area contributed by atoms with Gasteiger partial charge in [-0.3, -0.25) is 13.9 Å². The first-order valence-corrected chi connectivity index (χ1v) is 16.2. The Morgan fingerprint density at radius 3 is 2.23 bits per heavy atom. The average molecular weight is 682 g/mol. The molecule has 0 saturated carbocycles. The Morgan fingerprint density at radius 2 is 1.57 bits per heavy atom. The molecule has 0 radical (unpaired) electrons. The number of anilines is 1. The molecule has 16 heteroatoms. The molecule has 5 rings (SSSR count). The van der Waals surface area contributed by atoms with Crippen molar-refractivity contribution in [3.05, 3.63) is 78.4 Å². The number of hydrogen-bond donors (Lipinski definition) is 5. The van der Waals surface area contributed by atoms with Crippen molar-refractivity contribution < 1.29 is 50.4 Å². The lowest BCUT2D eigenvalue weighted by atomic mass is 10.1. The number of nitrogens with zero attached hydrogens (tertiary/aromatic N) is 2. The SMILES string of the molecule is CC(=O)Nc1cc(S(=O)(=O)O)cc2cc(OS(=O)O)c(N=Nc3ccc(OCCOc4cc(C)c(O)c5ccccc45)cc3)c(O)c12. The van der Waals surface area contributed by atoms with Gasteiger partial charge >= 0.3 is 11.4 Å². The number of carbonyl (C=O) groups excluding carboxylic acids is 1. The number of nitrogens with one attached hydrogen (secondary N) is 1. The van der Waals surface area contributed by atoms with Gasteiger partial charge in [0.25, 0.3) is 10.1 Å². The number of rotatable bonds is 11. The van der Waals surface area contributed by atoms with Crippen LogP contribution < -0.4 is 19.0 Å². The van der Waals surface area contributed by atoms with E-state index in [9.17, 15) is 36.7 Å². The summed E-state index contributed by atoms with van der Waals surface area (Å²) in [6, 6.07) is 18.5. The molecular formula is C31H27N3O11S2. The highest BCUT2D eigenvalue weighted by Gasteiger charge is 2.22. The summed E-state index contributed by atoms with van der Waals surface area (Å²) in [6.45, 7) is 3.36. The van der Waals surface area contributed by atoms with E-state index in [1.54, 1.807) is 37.3 Å². The molecule has 0 aromatic heterocycles. The number of azo groups is 1. The summed E-state index contributed by atoms with van der Waals surface area (Å²) in [4.78, 5) is 11.2. The fourth-order valence-electron chi connectivity index (χ4n) is 4.74. The van der Waals surface area contributed by atoms with Crippen LogP contribution in [0.2, 0.25) is 0 Å². The molecule has 0 spiro atoms. The first-order valence-electron chi connectivity index (χ1n) is 13.7. The van der Waals surface area contributed by atoms with Gasteiger partial charge in [0.2, 0.25) is 5.91 Å². The van der Waals surface area contributed by atoms with Crippen LogP contribution in [0.25, 0.3) is 21.5 Å². The van der Waals surface area contributed by atoms with Crippen molar-refractivity contribution in [2.75, 3.05) is 18.5 Å². The molecule has 244 valence electrons. The molecule has 5 N–H and O–H groups in total. The monoisotopic (exact) mass is 681 g/mol. The number of ether oxygens (including phenoxy) is 2. The van der Waals surface area contributed by atoms with E-state index in [4.69, 9.17) is 13.7 Å². The van der Waals surface area contributed by atoms with Crippen LogP contribution in [0.3, 0.4) is 0 Å². The van der Waals surface area contributed by atoms with Crippen LogP contribution in [0, 0.1) is 6.92 Å². The van der Waals surface area contributed by atoms with E-state index < -0.39 is 49.5 Å². The van der Waals surface area contributed by atoms with Gasteiger partial charge in [-0.25, -0.2) is 0 Å². The topological polar surface area (TPSA) is 214 Å². The average Bonchev–Trinajstić information content (AvgIpc) is 3.00. The Labute approximate surface area is 270 Å². The molecular weight excluding hydrogens is 654 g/mol. The molecule has 0 heterocycles. The van der Waals surface area contributed by atoms with E-state index in [-0.39, 0.29) is 35.4 Å². The minimum Gasteiger partial charge on any atom is -0.507 e. The van der Waals surface area contributed by atoms with Crippen LogP contribution in [-0.4, -0.2) is 51.1 Å². The van der Waals surface area contributed by atoms with Crippen molar-refractivity contribution >= 4 is 66.0 Å². The number of fused-ring (bicyclic) bond motifs is 2. The molecule has 1 amide bonds. The molecule has 47 heavy (non-hydrogen) atoms. The second-order valence-electron chi connectivity index (χ2n) is 10.1. The number of benzene rings is 5. The zero-order valence-electron chi connectivity index (χ0n) is 24.7. The Morgan fingerprint density at radius 1 is 0.894 bits per heavy atom. The fraction of sp³-hybridized carbons (Fsp3) is 0.129. The van der Waals surface area contributed by atoms with E-state index in [2.05, 4.69) is 15.5 Å². The summed E-state index contributed by atoms with van der Waals surface area (Å²) < 4.78 is 70.6. The van der Waals surface area contributed by atoms with Crippen LogP contribution in [0.1, 0.15) is 12.5 Å². The van der Waals surface area contributed by atoms with Gasteiger partial charge < -0.3 is 29.2 Å². The quantitative estimate of drug-likeness (QED) is 0.0451. The maximum absolute atomic E-state index is 11.8. The Bertz CT molecular complexity index is 2170. The molecule has 5 aromatic carbocycles. The van der Waals surface area contributed by atoms with Crippen molar-refractivity contribution in [2.24, 2.45) is 10.2 Å². The van der Waals surface area contributed by atoms with Crippen molar-refractivity contribution in [1.29, 1.82) is 0 Å². The van der Waals surface area contributed by atoms with Gasteiger partial charge in [-0.15, -0.1) is 5.11 Å². The normalized spacial score (nSPS) is 12.3. The predicted octanol–water partition coefficient (Wildman–Crippen LogP) is 6.31. The zero-order chi connectivity index (χ0) is 33.9.